The SMILES string of the molecule is CCCCC(CC)CNC(=O)c1cc(Cl)nc(NCC)c1. The number of hydrogen-bond acceptors (Lipinski definition) is 3. The van der Waals surface area contributed by atoms with Gasteiger partial charge in [0.1, 0.15) is 11.0 Å². The first kappa shape index (κ1) is 17.8. The van der Waals surface area contributed by atoms with Crippen molar-refractivity contribution in [1.82, 2.24) is 10.3 Å². The molecule has 1 rings (SSSR count). The van der Waals surface area contributed by atoms with Crippen LogP contribution in [-0.2, 0) is 0 Å². The quantitative estimate of drug-likeness (QED) is 0.675. The molecule has 0 bridgehead atoms. The standard InChI is InChI=1S/C16H26ClN3O/c1-4-7-8-12(5-2)11-19-16(21)13-9-14(17)20-15(10-13)18-6-3/h9-10,12H,4-8,11H2,1-3H3,(H,18,20)(H,19,21). The maximum Gasteiger partial charge on any atom is 0.251 e. The predicted molar refractivity (Wildman–Crippen MR) is 89.0 cm³/mol. The third kappa shape index (κ3) is 6.34. The molecular formula is C16H26ClN3O. The minimum absolute atomic E-state index is 0.0894. The fourth-order valence-electron chi connectivity index (χ4n) is 2.18. The Labute approximate surface area is 132 Å². The van der Waals surface area contributed by atoms with Crippen molar-refractivity contribution >= 4 is 23.3 Å². The summed E-state index contributed by atoms with van der Waals surface area (Å²) in [5.41, 5.74) is 0.552. The summed E-state index contributed by atoms with van der Waals surface area (Å²) in [5, 5.41) is 6.40. The van der Waals surface area contributed by atoms with Crippen molar-refractivity contribution in [3.63, 3.8) is 0 Å². The number of carbonyl (C=O) groups is 1. The lowest BCUT2D eigenvalue weighted by atomic mass is 9.99. The number of halogens is 1. The van der Waals surface area contributed by atoms with Gasteiger partial charge in [-0.25, -0.2) is 4.98 Å². The zero-order valence-corrected chi connectivity index (χ0v) is 14.0. The molecule has 1 amide bonds. The van der Waals surface area contributed by atoms with Gasteiger partial charge < -0.3 is 10.6 Å². The number of rotatable bonds is 9. The first-order chi connectivity index (χ1) is 10.1. The van der Waals surface area contributed by atoms with Crippen LogP contribution < -0.4 is 10.6 Å². The molecular weight excluding hydrogens is 286 g/mol. The van der Waals surface area contributed by atoms with Crippen LogP contribution >= 0.6 is 11.6 Å². The van der Waals surface area contributed by atoms with Gasteiger partial charge >= 0.3 is 0 Å². The zero-order valence-electron chi connectivity index (χ0n) is 13.2. The molecule has 118 valence electrons. The number of pyridine rings is 1. The predicted octanol–water partition coefficient (Wildman–Crippen LogP) is 4.11. The van der Waals surface area contributed by atoms with Gasteiger partial charge in [0.05, 0.1) is 0 Å². The van der Waals surface area contributed by atoms with Gasteiger partial charge in [-0.3, -0.25) is 4.79 Å². The fourth-order valence-corrected chi connectivity index (χ4v) is 2.39. The van der Waals surface area contributed by atoms with E-state index in [2.05, 4.69) is 29.5 Å². The van der Waals surface area contributed by atoms with Gasteiger partial charge in [-0.2, -0.15) is 0 Å². The molecule has 0 aliphatic carbocycles. The van der Waals surface area contributed by atoms with E-state index in [1.165, 1.54) is 12.8 Å². The van der Waals surface area contributed by atoms with Gasteiger partial charge in [-0.05, 0) is 31.4 Å². The number of anilines is 1. The van der Waals surface area contributed by atoms with Crippen molar-refractivity contribution in [3.05, 3.63) is 22.8 Å². The lowest BCUT2D eigenvalue weighted by Gasteiger charge is -2.15. The summed E-state index contributed by atoms with van der Waals surface area (Å²) in [4.78, 5) is 16.4. The molecule has 0 aliphatic rings. The number of carbonyl (C=O) groups excluding carboxylic acids is 1. The highest BCUT2D eigenvalue weighted by Gasteiger charge is 2.12. The molecule has 1 atom stereocenters. The molecule has 21 heavy (non-hydrogen) atoms. The summed E-state index contributed by atoms with van der Waals surface area (Å²) in [7, 11) is 0. The Morgan fingerprint density at radius 3 is 2.71 bits per heavy atom. The van der Waals surface area contributed by atoms with Crippen molar-refractivity contribution in [2.75, 3.05) is 18.4 Å². The number of nitrogens with zero attached hydrogens (tertiary/aromatic N) is 1. The second-order valence-corrected chi connectivity index (χ2v) is 5.61. The number of unbranched alkanes of at least 4 members (excludes halogenated alkanes) is 1. The zero-order chi connectivity index (χ0) is 15.7. The smallest absolute Gasteiger partial charge is 0.251 e. The van der Waals surface area contributed by atoms with E-state index in [1.807, 2.05) is 6.92 Å². The average molecular weight is 312 g/mol. The molecule has 2 N–H and O–H groups in total. The Balaban J connectivity index is 2.62. The molecule has 0 saturated heterocycles. The molecule has 1 aromatic heterocycles. The van der Waals surface area contributed by atoms with Crippen LogP contribution in [0, 0.1) is 5.92 Å². The van der Waals surface area contributed by atoms with Crippen LogP contribution in [0.15, 0.2) is 12.1 Å². The molecule has 0 fully saturated rings. The molecule has 0 spiro atoms. The summed E-state index contributed by atoms with van der Waals surface area (Å²) in [5.74, 6) is 1.08. The van der Waals surface area contributed by atoms with Gasteiger partial charge in [0.2, 0.25) is 0 Å². The van der Waals surface area contributed by atoms with Gasteiger partial charge in [0, 0.05) is 18.7 Å². The minimum Gasteiger partial charge on any atom is -0.370 e. The van der Waals surface area contributed by atoms with Crippen molar-refractivity contribution < 1.29 is 4.79 Å². The van der Waals surface area contributed by atoms with Crippen LogP contribution in [-0.4, -0.2) is 24.0 Å². The van der Waals surface area contributed by atoms with Crippen molar-refractivity contribution in [1.29, 1.82) is 0 Å². The van der Waals surface area contributed by atoms with E-state index >= 15 is 0 Å². The lowest BCUT2D eigenvalue weighted by Crippen LogP contribution is -2.29. The highest BCUT2D eigenvalue weighted by Crippen LogP contribution is 2.15. The molecule has 0 aromatic carbocycles. The Morgan fingerprint density at radius 2 is 2.10 bits per heavy atom. The summed E-state index contributed by atoms with van der Waals surface area (Å²) in [6.45, 7) is 7.78. The third-order valence-corrected chi connectivity index (χ3v) is 3.70. The molecule has 4 nitrogen and oxygen atoms in total. The second kappa shape index (κ2) is 9.61. The monoisotopic (exact) mass is 311 g/mol. The van der Waals surface area contributed by atoms with E-state index in [0.717, 1.165) is 19.4 Å². The lowest BCUT2D eigenvalue weighted by molar-refractivity contribution is 0.0945. The summed E-state index contributed by atoms with van der Waals surface area (Å²) in [6, 6.07) is 3.34. The molecule has 1 unspecified atom stereocenters. The highest BCUT2D eigenvalue weighted by molar-refractivity contribution is 6.29. The number of hydrogen-bond donors (Lipinski definition) is 2. The Kier molecular flexibility index (Phi) is 8.13. The van der Waals surface area contributed by atoms with Crippen LogP contribution in [0.25, 0.3) is 0 Å². The molecule has 0 radical (unpaired) electrons. The van der Waals surface area contributed by atoms with Gasteiger partial charge in [0.25, 0.3) is 5.91 Å². The van der Waals surface area contributed by atoms with Crippen molar-refractivity contribution in [3.8, 4) is 0 Å². The summed E-state index contributed by atoms with van der Waals surface area (Å²) >= 11 is 5.96. The van der Waals surface area contributed by atoms with Crippen LogP contribution in [0.1, 0.15) is 56.8 Å². The molecule has 0 aliphatic heterocycles. The van der Waals surface area contributed by atoms with E-state index in [9.17, 15) is 4.79 Å². The summed E-state index contributed by atoms with van der Waals surface area (Å²) < 4.78 is 0. The van der Waals surface area contributed by atoms with E-state index in [0.29, 0.717) is 29.0 Å². The maximum atomic E-state index is 12.2. The number of nitrogens with one attached hydrogen (secondary N) is 2. The van der Waals surface area contributed by atoms with Gasteiger partial charge in [-0.1, -0.05) is 44.7 Å². The normalized spacial score (nSPS) is 12.0. The largest absolute Gasteiger partial charge is 0.370 e. The van der Waals surface area contributed by atoms with Gasteiger partial charge in [-0.15, -0.1) is 0 Å². The molecule has 1 heterocycles. The summed E-state index contributed by atoms with van der Waals surface area (Å²) in [6.07, 6.45) is 4.64. The maximum absolute atomic E-state index is 12.2. The first-order valence-corrected chi connectivity index (χ1v) is 8.18. The Bertz CT molecular complexity index is 451. The van der Waals surface area contributed by atoms with Gasteiger partial charge in [0.15, 0.2) is 0 Å². The Morgan fingerprint density at radius 1 is 1.33 bits per heavy atom. The van der Waals surface area contributed by atoms with Crippen LogP contribution in [0.5, 0.6) is 0 Å². The first-order valence-electron chi connectivity index (χ1n) is 7.80. The van der Waals surface area contributed by atoms with Crippen LogP contribution in [0.4, 0.5) is 5.82 Å². The van der Waals surface area contributed by atoms with Crippen LogP contribution in [0.2, 0.25) is 5.15 Å². The number of aromatic nitrogens is 1. The van der Waals surface area contributed by atoms with E-state index in [-0.39, 0.29) is 5.91 Å². The van der Waals surface area contributed by atoms with E-state index in [4.69, 9.17) is 11.6 Å². The van der Waals surface area contributed by atoms with Crippen LogP contribution in [0.3, 0.4) is 0 Å². The topological polar surface area (TPSA) is 54.0 Å². The highest BCUT2D eigenvalue weighted by atomic mass is 35.5. The van der Waals surface area contributed by atoms with E-state index in [1.54, 1.807) is 12.1 Å². The molecule has 1 aromatic rings. The third-order valence-electron chi connectivity index (χ3n) is 3.51. The molecule has 5 heteroatoms. The van der Waals surface area contributed by atoms with Crippen molar-refractivity contribution in [2.45, 2.75) is 46.5 Å². The fraction of sp³-hybridized carbons (Fsp3) is 0.625. The Hall–Kier alpha value is -1.29. The minimum atomic E-state index is -0.0894. The van der Waals surface area contributed by atoms with Crippen molar-refractivity contribution in [2.24, 2.45) is 5.92 Å². The second-order valence-electron chi connectivity index (χ2n) is 5.22. The number of amides is 1. The average Bonchev–Trinajstić information content (AvgIpc) is 2.47. The van der Waals surface area contributed by atoms with E-state index < -0.39 is 0 Å². The molecule has 0 saturated carbocycles.